The summed E-state index contributed by atoms with van der Waals surface area (Å²) in [7, 11) is 3.09. The predicted molar refractivity (Wildman–Crippen MR) is 107 cm³/mol. The van der Waals surface area contributed by atoms with Crippen LogP contribution in [-0.2, 0) is 0 Å². The Morgan fingerprint density at radius 1 is 1.13 bits per heavy atom. The maximum atomic E-state index is 14.0. The highest BCUT2D eigenvalue weighted by Crippen LogP contribution is 2.33. The Morgan fingerprint density at radius 2 is 1.87 bits per heavy atom. The number of methoxy groups -OCH3 is 2. The van der Waals surface area contributed by atoms with Crippen LogP contribution in [0.2, 0.25) is 0 Å². The highest BCUT2D eigenvalue weighted by atomic mass is 19.1. The summed E-state index contributed by atoms with van der Waals surface area (Å²) in [6.45, 7) is 0.639. The molecular formula is C22H21F2N3O4. The number of rotatable bonds is 5. The topological polar surface area (TPSA) is 77.7 Å². The molecule has 3 aromatic rings. The zero-order valence-electron chi connectivity index (χ0n) is 17.1. The van der Waals surface area contributed by atoms with Crippen molar-refractivity contribution in [1.82, 2.24) is 15.0 Å². The summed E-state index contributed by atoms with van der Waals surface area (Å²) in [4.78, 5) is 18.6. The molecule has 1 aliphatic heterocycles. The number of aromatic nitrogens is 2. The summed E-state index contributed by atoms with van der Waals surface area (Å²) in [5.41, 5.74) is 0.143. The molecule has 1 aromatic heterocycles. The number of hydrogen-bond donors (Lipinski definition) is 0. The standard InChI is InChI=1S/C22H21F2N3O4/c1-29-17-9-8-13(11-18(17)30-2)20-25-21(31-26-20)14-5-4-10-27(12-14)22(28)19-15(23)6-3-7-16(19)24/h3,6-9,11,14H,4-5,10,12H2,1-2H3/t14-/m1/s1. The molecule has 0 N–H and O–H groups in total. The first-order valence-corrected chi connectivity index (χ1v) is 9.81. The number of hydrogen-bond acceptors (Lipinski definition) is 6. The molecule has 31 heavy (non-hydrogen) atoms. The van der Waals surface area contributed by atoms with Crippen molar-refractivity contribution in [3.8, 4) is 22.9 Å². The molecule has 2 aromatic carbocycles. The third kappa shape index (κ3) is 4.08. The van der Waals surface area contributed by atoms with Gasteiger partial charge in [-0.25, -0.2) is 8.78 Å². The lowest BCUT2D eigenvalue weighted by Crippen LogP contribution is -2.40. The Kier molecular flexibility index (Phi) is 5.83. The number of carbonyl (C=O) groups is 1. The van der Waals surface area contributed by atoms with Crippen LogP contribution in [0.3, 0.4) is 0 Å². The molecule has 0 aliphatic carbocycles. The Bertz CT molecular complexity index is 1080. The highest BCUT2D eigenvalue weighted by Gasteiger charge is 2.31. The molecule has 9 heteroatoms. The van der Waals surface area contributed by atoms with Gasteiger partial charge in [-0.1, -0.05) is 11.2 Å². The second kappa shape index (κ2) is 8.71. The molecule has 1 saturated heterocycles. The zero-order chi connectivity index (χ0) is 22.0. The molecular weight excluding hydrogens is 408 g/mol. The van der Waals surface area contributed by atoms with Gasteiger partial charge in [-0.3, -0.25) is 4.79 Å². The molecule has 7 nitrogen and oxygen atoms in total. The van der Waals surface area contributed by atoms with E-state index in [-0.39, 0.29) is 12.5 Å². The summed E-state index contributed by atoms with van der Waals surface area (Å²) in [5.74, 6) is -0.796. The first-order valence-electron chi connectivity index (χ1n) is 9.81. The van der Waals surface area contributed by atoms with Crippen molar-refractivity contribution in [2.75, 3.05) is 27.3 Å². The minimum atomic E-state index is -0.874. The van der Waals surface area contributed by atoms with Crippen molar-refractivity contribution in [2.24, 2.45) is 0 Å². The fourth-order valence-corrected chi connectivity index (χ4v) is 3.72. The average Bonchev–Trinajstić information content (AvgIpc) is 3.29. The summed E-state index contributed by atoms with van der Waals surface area (Å²) >= 11 is 0. The Labute approximate surface area is 177 Å². The number of halogens is 2. The lowest BCUT2D eigenvalue weighted by atomic mass is 9.97. The molecule has 0 radical (unpaired) electrons. The van der Waals surface area contributed by atoms with Crippen molar-refractivity contribution in [3.63, 3.8) is 0 Å². The van der Waals surface area contributed by atoms with Gasteiger partial charge in [0.1, 0.15) is 17.2 Å². The molecule has 1 fully saturated rings. The van der Waals surface area contributed by atoms with Gasteiger partial charge in [0.2, 0.25) is 11.7 Å². The number of benzene rings is 2. The lowest BCUT2D eigenvalue weighted by molar-refractivity contribution is 0.0686. The van der Waals surface area contributed by atoms with Crippen LogP contribution in [0.5, 0.6) is 11.5 Å². The first-order chi connectivity index (χ1) is 15.0. The molecule has 0 bridgehead atoms. The zero-order valence-corrected chi connectivity index (χ0v) is 17.1. The Balaban J connectivity index is 1.54. The van der Waals surface area contributed by atoms with Crippen LogP contribution in [0.4, 0.5) is 8.78 Å². The van der Waals surface area contributed by atoms with Gasteiger partial charge in [0, 0.05) is 18.7 Å². The summed E-state index contributed by atoms with van der Waals surface area (Å²) in [6, 6.07) is 8.65. The molecule has 0 unspecified atom stereocenters. The number of amides is 1. The predicted octanol–water partition coefficient (Wildman–Crippen LogP) is 4.05. The van der Waals surface area contributed by atoms with E-state index in [4.69, 9.17) is 14.0 Å². The van der Waals surface area contributed by atoms with Crippen molar-refractivity contribution < 1.29 is 27.6 Å². The maximum absolute atomic E-state index is 14.0. The normalized spacial score (nSPS) is 16.3. The van der Waals surface area contributed by atoms with Gasteiger partial charge in [-0.05, 0) is 43.2 Å². The van der Waals surface area contributed by atoms with Crippen LogP contribution >= 0.6 is 0 Å². The summed E-state index contributed by atoms with van der Waals surface area (Å²) in [6.07, 6.45) is 1.37. The highest BCUT2D eigenvalue weighted by molar-refractivity contribution is 5.94. The van der Waals surface area contributed by atoms with Gasteiger partial charge in [-0.2, -0.15) is 4.98 Å². The van der Waals surface area contributed by atoms with E-state index in [1.54, 1.807) is 25.3 Å². The monoisotopic (exact) mass is 429 g/mol. The molecule has 0 spiro atoms. The van der Waals surface area contributed by atoms with E-state index >= 15 is 0 Å². The molecule has 1 atom stereocenters. The SMILES string of the molecule is COc1ccc(-c2noc([C@@H]3CCCN(C(=O)c4c(F)cccc4F)C3)n2)cc1OC. The summed E-state index contributed by atoms with van der Waals surface area (Å²) in [5, 5.41) is 4.04. The van der Waals surface area contributed by atoms with E-state index in [1.807, 2.05) is 0 Å². The van der Waals surface area contributed by atoms with Crippen LogP contribution < -0.4 is 9.47 Å². The van der Waals surface area contributed by atoms with Crippen molar-refractivity contribution in [1.29, 1.82) is 0 Å². The number of likely N-dealkylation sites (tertiary alicyclic amines) is 1. The van der Waals surface area contributed by atoms with Crippen LogP contribution in [0.15, 0.2) is 40.9 Å². The van der Waals surface area contributed by atoms with Crippen LogP contribution in [-0.4, -0.2) is 48.3 Å². The first kappa shape index (κ1) is 20.8. The van der Waals surface area contributed by atoms with E-state index in [0.29, 0.717) is 41.7 Å². The Morgan fingerprint density at radius 3 is 2.58 bits per heavy atom. The van der Waals surface area contributed by atoms with E-state index in [0.717, 1.165) is 18.6 Å². The minimum absolute atomic E-state index is 0.228. The van der Waals surface area contributed by atoms with E-state index in [9.17, 15) is 13.6 Å². The molecule has 1 amide bonds. The second-order valence-corrected chi connectivity index (χ2v) is 7.21. The van der Waals surface area contributed by atoms with Gasteiger partial charge >= 0.3 is 0 Å². The lowest BCUT2D eigenvalue weighted by Gasteiger charge is -2.31. The fourth-order valence-electron chi connectivity index (χ4n) is 3.72. The second-order valence-electron chi connectivity index (χ2n) is 7.21. The van der Waals surface area contributed by atoms with Crippen LogP contribution in [0, 0.1) is 11.6 Å². The average molecular weight is 429 g/mol. The van der Waals surface area contributed by atoms with Gasteiger partial charge < -0.3 is 18.9 Å². The van der Waals surface area contributed by atoms with Crippen LogP contribution in [0.1, 0.15) is 35.0 Å². The van der Waals surface area contributed by atoms with Crippen molar-refractivity contribution in [3.05, 3.63) is 59.5 Å². The number of carbonyl (C=O) groups excluding carboxylic acids is 1. The third-order valence-electron chi connectivity index (χ3n) is 5.32. The number of nitrogens with zero attached hydrogens (tertiary/aromatic N) is 3. The van der Waals surface area contributed by atoms with E-state index < -0.39 is 23.1 Å². The van der Waals surface area contributed by atoms with Crippen molar-refractivity contribution >= 4 is 5.91 Å². The van der Waals surface area contributed by atoms with E-state index in [1.165, 1.54) is 18.1 Å². The number of ether oxygens (including phenoxy) is 2. The van der Waals surface area contributed by atoms with Gasteiger partial charge in [0.25, 0.3) is 5.91 Å². The van der Waals surface area contributed by atoms with Gasteiger partial charge in [-0.15, -0.1) is 0 Å². The van der Waals surface area contributed by atoms with Crippen molar-refractivity contribution in [2.45, 2.75) is 18.8 Å². The van der Waals surface area contributed by atoms with E-state index in [2.05, 4.69) is 10.1 Å². The Hall–Kier alpha value is -3.49. The minimum Gasteiger partial charge on any atom is -0.493 e. The quantitative estimate of drug-likeness (QED) is 0.609. The smallest absolute Gasteiger partial charge is 0.259 e. The number of piperidine rings is 1. The largest absolute Gasteiger partial charge is 0.493 e. The third-order valence-corrected chi connectivity index (χ3v) is 5.32. The fraction of sp³-hybridized carbons (Fsp3) is 0.318. The molecule has 0 saturated carbocycles. The molecule has 1 aliphatic rings. The van der Waals surface area contributed by atoms with Gasteiger partial charge in [0.05, 0.1) is 20.1 Å². The van der Waals surface area contributed by atoms with Crippen LogP contribution in [0.25, 0.3) is 11.4 Å². The van der Waals surface area contributed by atoms with Gasteiger partial charge in [0.15, 0.2) is 11.5 Å². The molecule has 162 valence electrons. The molecule has 4 rings (SSSR count). The summed E-state index contributed by atoms with van der Waals surface area (Å²) < 4.78 is 44.1. The maximum Gasteiger partial charge on any atom is 0.259 e. The molecule has 2 heterocycles.